The first-order chi connectivity index (χ1) is 7.38. The number of pyridine rings is 1. The van der Waals surface area contributed by atoms with Gasteiger partial charge in [0, 0.05) is 25.4 Å². The third kappa shape index (κ3) is 2.60. The molecule has 1 N–H and O–H groups in total. The summed E-state index contributed by atoms with van der Waals surface area (Å²) < 4.78 is 1.72. The molecule has 0 radical (unpaired) electrons. The van der Waals surface area contributed by atoms with Gasteiger partial charge in [0.2, 0.25) is 0 Å². The molecule has 0 saturated heterocycles. The molecule has 0 unspecified atom stereocenters. The van der Waals surface area contributed by atoms with Crippen molar-refractivity contribution in [3.63, 3.8) is 0 Å². The molecule has 0 aliphatic rings. The minimum atomic E-state index is 0.0995. The average Bonchev–Trinajstić information content (AvgIpc) is 2.68. The van der Waals surface area contributed by atoms with E-state index in [1.807, 2.05) is 24.4 Å². The van der Waals surface area contributed by atoms with Crippen molar-refractivity contribution in [3.8, 4) is 0 Å². The first-order valence-corrected chi connectivity index (χ1v) is 4.78. The lowest BCUT2D eigenvalue weighted by atomic mass is 10.3. The summed E-state index contributed by atoms with van der Waals surface area (Å²) in [5.41, 5.74) is 1.74. The van der Waals surface area contributed by atoms with E-state index >= 15 is 0 Å². The molecule has 0 aromatic carbocycles. The van der Waals surface area contributed by atoms with Gasteiger partial charge in [0.15, 0.2) is 0 Å². The van der Waals surface area contributed by atoms with Crippen molar-refractivity contribution in [2.24, 2.45) is 0 Å². The van der Waals surface area contributed by atoms with Gasteiger partial charge in [-0.25, -0.2) is 4.68 Å². The highest BCUT2D eigenvalue weighted by Gasteiger charge is 2.00. The summed E-state index contributed by atoms with van der Waals surface area (Å²) in [7, 11) is 0. The topological polar surface area (TPSA) is 63.8 Å². The van der Waals surface area contributed by atoms with Gasteiger partial charge in [0.05, 0.1) is 17.9 Å². The van der Waals surface area contributed by atoms with Gasteiger partial charge in [-0.3, -0.25) is 4.98 Å². The second-order valence-corrected chi connectivity index (χ2v) is 3.20. The lowest BCUT2D eigenvalue weighted by molar-refractivity contribution is 0.298. The van der Waals surface area contributed by atoms with Crippen LogP contribution in [0.2, 0.25) is 0 Å². The van der Waals surface area contributed by atoms with E-state index < -0.39 is 0 Å². The van der Waals surface area contributed by atoms with Gasteiger partial charge in [-0.15, -0.1) is 5.10 Å². The number of nitrogens with zero attached hydrogens (tertiary/aromatic N) is 4. The van der Waals surface area contributed by atoms with E-state index in [1.54, 1.807) is 10.9 Å². The molecule has 0 aliphatic carbocycles. The number of aliphatic hydroxyl groups excluding tert-OH is 1. The van der Waals surface area contributed by atoms with Gasteiger partial charge < -0.3 is 5.11 Å². The van der Waals surface area contributed by atoms with Gasteiger partial charge in [-0.2, -0.15) is 0 Å². The molecular weight excluding hydrogens is 192 g/mol. The van der Waals surface area contributed by atoms with Crippen LogP contribution in [0, 0.1) is 0 Å². The Balaban J connectivity index is 2.05. The van der Waals surface area contributed by atoms with Gasteiger partial charge in [-0.05, 0) is 12.1 Å². The van der Waals surface area contributed by atoms with Gasteiger partial charge in [0.25, 0.3) is 0 Å². The first-order valence-electron chi connectivity index (χ1n) is 4.78. The fraction of sp³-hybridized carbons (Fsp3) is 0.300. The molecule has 2 aromatic rings. The Morgan fingerprint density at radius 2 is 2.20 bits per heavy atom. The SMILES string of the molecule is OCCc1cn(Cc2ccccn2)nn1. The van der Waals surface area contributed by atoms with Crippen molar-refractivity contribution in [1.82, 2.24) is 20.0 Å². The van der Waals surface area contributed by atoms with Crippen LogP contribution >= 0.6 is 0 Å². The first kappa shape index (κ1) is 9.79. The number of rotatable bonds is 4. The Labute approximate surface area is 87.4 Å². The van der Waals surface area contributed by atoms with Crippen molar-refractivity contribution in [2.75, 3.05) is 6.61 Å². The number of hydrogen-bond donors (Lipinski definition) is 1. The number of aliphatic hydroxyl groups is 1. The van der Waals surface area contributed by atoms with Crippen LogP contribution in [0.5, 0.6) is 0 Å². The maximum atomic E-state index is 8.73. The lowest BCUT2D eigenvalue weighted by Gasteiger charge is -1.98. The van der Waals surface area contributed by atoms with Crippen molar-refractivity contribution < 1.29 is 5.11 Å². The van der Waals surface area contributed by atoms with Crippen LogP contribution in [0.3, 0.4) is 0 Å². The zero-order valence-electron chi connectivity index (χ0n) is 8.24. The molecule has 78 valence electrons. The van der Waals surface area contributed by atoms with Gasteiger partial charge >= 0.3 is 0 Å². The molecule has 2 aromatic heterocycles. The van der Waals surface area contributed by atoms with Crippen molar-refractivity contribution >= 4 is 0 Å². The Hall–Kier alpha value is -1.75. The van der Waals surface area contributed by atoms with Crippen LogP contribution in [-0.2, 0) is 13.0 Å². The zero-order valence-corrected chi connectivity index (χ0v) is 8.24. The van der Waals surface area contributed by atoms with Crippen molar-refractivity contribution in [1.29, 1.82) is 0 Å². The summed E-state index contributed by atoms with van der Waals surface area (Å²) in [5, 5.41) is 16.6. The maximum absolute atomic E-state index is 8.73. The molecule has 2 heterocycles. The molecular formula is C10H12N4O. The summed E-state index contributed by atoms with van der Waals surface area (Å²) in [6.45, 7) is 0.710. The summed E-state index contributed by atoms with van der Waals surface area (Å²) in [6, 6.07) is 5.75. The smallest absolute Gasteiger partial charge is 0.0850 e. The van der Waals surface area contributed by atoms with Gasteiger partial charge in [0.1, 0.15) is 0 Å². The third-order valence-electron chi connectivity index (χ3n) is 2.00. The van der Waals surface area contributed by atoms with E-state index in [0.29, 0.717) is 13.0 Å². The Kier molecular flexibility index (Phi) is 3.04. The Morgan fingerprint density at radius 1 is 1.27 bits per heavy atom. The molecule has 0 aliphatic heterocycles. The van der Waals surface area contributed by atoms with Crippen molar-refractivity contribution in [3.05, 3.63) is 42.0 Å². The molecule has 0 amide bonds. The van der Waals surface area contributed by atoms with Crippen LogP contribution < -0.4 is 0 Å². The minimum Gasteiger partial charge on any atom is -0.396 e. The molecule has 0 fully saturated rings. The number of aromatic nitrogens is 4. The largest absolute Gasteiger partial charge is 0.396 e. The second kappa shape index (κ2) is 4.65. The summed E-state index contributed by atoms with van der Waals surface area (Å²) in [4.78, 5) is 4.19. The van der Waals surface area contributed by atoms with Crippen LogP contribution in [0.15, 0.2) is 30.6 Å². The average molecular weight is 204 g/mol. The monoisotopic (exact) mass is 204 g/mol. The quantitative estimate of drug-likeness (QED) is 0.775. The molecule has 0 bridgehead atoms. The van der Waals surface area contributed by atoms with E-state index in [0.717, 1.165) is 11.4 Å². The van der Waals surface area contributed by atoms with E-state index in [9.17, 15) is 0 Å². The fourth-order valence-corrected chi connectivity index (χ4v) is 1.30. The highest BCUT2D eigenvalue weighted by molar-refractivity contribution is 5.04. The standard InChI is InChI=1S/C10H12N4O/c15-6-4-10-8-14(13-12-10)7-9-3-1-2-5-11-9/h1-3,5,8,15H,4,6-7H2. The molecule has 0 atom stereocenters. The predicted octanol–water partition coefficient (Wildman–Crippen LogP) is 0.256. The Bertz CT molecular complexity index is 412. The molecule has 0 saturated carbocycles. The van der Waals surface area contributed by atoms with E-state index in [1.165, 1.54) is 0 Å². The predicted molar refractivity (Wildman–Crippen MR) is 54.2 cm³/mol. The highest BCUT2D eigenvalue weighted by atomic mass is 16.3. The van der Waals surface area contributed by atoms with Crippen LogP contribution in [0.4, 0.5) is 0 Å². The zero-order chi connectivity index (χ0) is 10.5. The highest BCUT2D eigenvalue weighted by Crippen LogP contribution is 1.99. The Morgan fingerprint density at radius 3 is 2.93 bits per heavy atom. The molecule has 15 heavy (non-hydrogen) atoms. The van der Waals surface area contributed by atoms with E-state index in [2.05, 4.69) is 15.3 Å². The molecule has 0 spiro atoms. The summed E-state index contributed by atoms with van der Waals surface area (Å²) in [6.07, 6.45) is 4.12. The third-order valence-corrected chi connectivity index (χ3v) is 2.00. The fourth-order valence-electron chi connectivity index (χ4n) is 1.30. The van der Waals surface area contributed by atoms with E-state index in [-0.39, 0.29) is 6.61 Å². The number of hydrogen-bond acceptors (Lipinski definition) is 4. The summed E-state index contributed by atoms with van der Waals surface area (Å²) >= 11 is 0. The molecule has 2 rings (SSSR count). The lowest BCUT2D eigenvalue weighted by Crippen LogP contribution is -2.01. The minimum absolute atomic E-state index is 0.0995. The van der Waals surface area contributed by atoms with E-state index in [4.69, 9.17) is 5.11 Å². The normalized spacial score (nSPS) is 10.5. The van der Waals surface area contributed by atoms with Gasteiger partial charge in [-0.1, -0.05) is 11.3 Å². The second-order valence-electron chi connectivity index (χ2n) is 3.20. The van der Waals surface area contributed by atoms with Crippen LogP contribution in [0.1, 0.15) is 11.4 Å². The molecule has 5 nitrogen and oxygen atoms in total. The van der Waals surface area contributed by atoms with Crippen LogP contribution in [0.25, 0.3) is 0 Å². The van der Waals surface area contributed by atoms with Crippen LogP contribution in [-0.4, -0.2) is 31.7 Å². The van der Waals surface area contributed by atoms with Crippen molar-refractivity contribution in [2.45, 2.75) is 13.0 Å². The molecule has 5 heteroatoms. The maximum Gasteiger partial charge on any atom is 0.0850 e. The summed E-state index contributed by atoms with van der Waals surface area (Å²) in [5.74, 6) is 0.